The Morgan fingerprint density at radius 1 is 0.708 bits per heavy atom. The Labute approximate surface area is 146 Å². The average Bonchev–Trinajstić information content (AvgIpc) is 2.49. The molecule has 0 saturated heterocycles. The van der Waals surface area contributed by atoms with Crippen molar-refractivity contribution in [1.29, 1.82) is 0 Å². The van der Waals surface area contributed by atoms with E-state index in [1.807, 2.05) is 27.7 Å². The second-order valence-corrected chi connectivity index (χ2v) is 6.74. The van der Waals surface area contributed by atoms with E-state index < -0.39 is 0 Å². The van der Waals surface area contributed by atoms with E-state index in [0.717, 1.165) is 38.5 Å². The first-order valence-corrected chi connectivity index (χ1v) is 9.06. The monoisotopic (exact) mass is 338 g/mol. The third-order valence-electron chi connectivity index (χ3n) is 3.18. The van der Waals surface area contributed by atoms with Gasteiger partial charge in [0.2, 0.25) is 11.8 Å². The van der Waals surface area contributed by atoms with Crippen LogP contribution in [0.25, 0.3) is 0 Å². The van der Waals surface area contributed by atoms with Gasteiger partial charge in [-0.15, -0.1) is 0 Å². The molecule has 138 valence electrons. The average molecular weight is 338 g/mol. The van der Waals surface area contributed by atoms with E-state index in [2.05, 4.69) is 21.1 Å². The number of rotatable bonds is 13. The van der Waals surface area contributed by atoms with Gasteiger partial charge in [-0.1, -0.05) is 53.4 Å². The number of hydrazone groups is 2. The Hall–Kier alpha value is -1.72. The molecule has 0 aliphatic rings. The Balaban J connectivity index is 3.42. The van der Waals surface area contributed by atoms with E-state index in [-0.39, 0.29) is 11.8 Å². The maximum Gasteiger partial charge on any atom is 0.240 e. The fraction of sp³-hybridized carbons (Fsp3) is 0.778. The highest BCUT2D eigenvalue weighted by Gasteiger charge is 2.01. The molecule has 0 aromatic rings. The summed E-state index contributed by atoms with van der Waals surface area (Å²) in [5.74, 6) is 0.639. The first-order valence-electron chi connectivity index (χ1n) is 9.06. The molecule has 0 atom stereocenters. The molecule has 24 heavy (non-hydrogen) atoms. The highest BCUT2D eigenvalue weighted by Crippen LogP contribution is 2.08. The summed E-state index contributed by atoms with van der Waals surface area (Å²) in [6, 6.07) is 0. The molecule has 0 aromatic carbocycles. The Bertz CT molecular complexity index is 366. The fourth-order valence-corrected chi connectivity index (χ4v) is 1.91. The van der Waals surface area contributed by atoms with Gasteiger partial charge in [0, 0.05) is 25.3 Å². The number of nitrogens with one attached hydrogen (secondary N) is 2. The van der Waals surface area contributed by atoms with Crippen molar-refractivity contribution in [3.05, 3.63) is 0 Å². The number of carbonyl (C=O) groups is 2. The summed E-state index contributed by atoms with van der Waals surface area (Å²) < 4.78 is 0. The van der Waals surface area contributed by atoms with Gasteiger partial charge >= 0.3 is 0 Å². The van der Waals surface area contributed by atoms with E-state index in [1.54, 1.807) is 12.4 Å². The van der Waals surface area contributed by atoms with E-state index >= 15 is 0 Å². The number of carbonyl (C=O) groups excluding carboxylic acids is 2. The molecule has 0 aliphatic carbocycles. The first-order chi connectivity index (χ1) is 11.4. The summed E-state index contributed by atoms with van der Waals surface area (Å²) in [6.45, 7) is 8.05. The van der Waals surface area contributed by atoms with Crippen LogP contribution < -0.4 is 10.9 Å². The maximum atomic E-state index is 11.5. The number of unbranched alkanes of at least 4 members (excludes halogenated alkanes) is 5. The van der Waals surface area contributed by atoms with Crippen LogP contribution in [0.5, 0.6) is 0 Å². The number of nitrogens with zero attached hydrogens (tertiary/aromatic N) is 2. The molecule has 2 N–H and O–H groups in total. The molecular weight excluding hydrogens is 304 g/mol. The van der Waals surface area contributed by atoms with Crippen molar-refractivity contribution in [1.82, 2.24) is 10.9 Å². The summed E-state index contributed by atoms with van der Waals surface area (Å²) in [5, 5.41) is 7.77. The zero-order valence-corrected chi connectivity index (χ0v) is 15.7. The second-order valence-electron chi connectivity index (χ2n) is 6.74. The van der Waals surface area contributed by atoms with Gasteiger partial charge in [-0.05, 0) is 24.7 Å². The first kappa shape index (κ1) is 22.3. The van der Waals surface area contributed by atoms with Gasteiger partial charge in [-0.3, -0.25) is 9.59 Å². The maximum absolute atomic E-state index is 11.5. The van der Waals surface area contributed by atoms with Crippen LogP contribution in [0.15, 0.2) is 10.2 Å². The van der Waals surface area contributed by atoms with Crippen LogP contribution in [0.3, 0.4) is 0 Å². The summed E-state index contributed by atoms with van der Waals surface area (Å²) >= 11 is 0. The van der Waals surface area contributed by atoms with Crippen LogP contribution in [0.2, 0.25) is 0 Å². The molecular formula is C18H34N4O2. The van der Waals surface area contributed by atoms with E-state index in [4.69, 9.17) is 0 Å². The van der Waals surface area contributed by atoms with Crippen LogP contribution >= 0.6 is 0 Å². The Morgan fingerprint density at radius 2 is 1.04 bits per heavy atom. The van der Waals surface area contributed by atoms with Crippen molar-refractivity contribution < 1.29 is 9.59 Å². The zero-order valence-electron chi connectivity index (χ0n) is 15.7. The van der Waals surface area contributed by atoms with Gasteiger partial charge in [0.25, 0.3) is 0 Å². The molecule has 0 rings (SSSR count). The minimum Gasteiger partial charge on any atom is -0.273 e. The minimum atomic E-state index is -0.0227. The van der Waals surface area contributed by atoms with Crippen molar-refractivity contribution in [3.63, 3.8) is 0 Å². The predicted molar refractivity (Wildman–Crippen MR) is 99.9 cm³/mol. The van der Waals surface area contributed by atoms with Gasteiger partial charge in [0.1, 0.15) is 0 Å². The number of hydrogen-bond donors (Lipinski definition) is 2. The normalized spacial score (nSPS) is 11.8. The van der Waals surface area contributed by atoms with Crippen molar-refractivity contribution in [2.45, 2.75) is 79.1 Å². The van der Waals surface area contributed by atoms with Crippen molar-refractivity contribution in [3.8, 4) is 0 Å². The van der Waals surface area contributed by atoms with Crippen LogP contribution in [-0.4, -0.2) is 24.2 Å². The van der Waals surface area contributed by atoms with Gasteiger partial charge in [-0.2, -0.15) is 10.2 Å². The highest BCUT2D eigenvalue weighted by molar-refractivity contribution is 5.77. The quantitative estimate of drug-likeness (QED) is 0.305. The molecule has 6 nitrogen and oxygen atoms in total. The van der Waals surface area contributed by atoms with E-state index in [0.29, 0.717) is 24.7 Å². The summed E-state index contributed by atoms with van der Waals surface area (Å²) in [6.07, 6.45) is 10.5. The molecule has 2 amide bonds. The smallest absolute Gasteiger partial charge is 0.240 e. The van der Waals surface area contributed by atoms with Gasteiger partial charge in [-0.25, -0.2) is 10.9 Å². The molecule has 0 unspecified atom stereocenters. The van der Waals surface area contributed by atoms with Crippen LogP contribution in [-0.2, 0) is 9.59 Å². The molecule has 0 bridgehead atoms. The van der Waals surface area contributed by atoms with Crippen LogP contribution in [0.1, 0.15) is 79.1 Å². The zero-order chi connectivity index (χ0) is 18.2. The Kier molecular flexibility index (Phi) is 13.8. The lowest BCUT2D eigenvalue weighted by molar-refractivity contribution is -0.122. The topological polar surface area (TPSA) is 82.9 Å². The largest absolute Gasteiger partial charge is 0.273 e. The van der Waals surface area contributed by atoms with Crippen LogP contribution in [0, 0.1) is 11.8 Å². The van der Waals surface area contributed by atoms with Gasteiger partial charge < -0.3 is 0 Å². The van der Waals surface area contributed by atoms with E-state index in [1.165, 1.54) is 0 Å². The fourth-order valence-electron chi connectivity index (χ4n) is 1.91. The number of hydrogen-bond acceptors (Lipinski definition) is 4. The standard InChI is InChI=1S/C18H34N4O2/c1-15(2)13-19-21-17(23)11-9-7-5-6-8-10-12-18(24)22-20-14-16(3)4/h13-16H,5-12H2,1-4H3,(H,21,23)(H,22,24)/b19-13-,20-14-. The third kappa shape index (κ3) is 16.6. The molecule has 0 saturated carbocycles. The van der Waals surface area contributed by atoms with Crippen molar-refractivity contribution >= 4 is 24.2 Å². The Morgan fingerprint density at radius 3 is 1.38 bits per heavy atom. The summed E-state index contributed by atoms with van der Waals surface area (Å²) in [5.41, 5.74) is 5.07. The predicted octanol–water partition coefficient (Wildman–Crippen LogP) is 3.62. The summed E-state index contributed by atoms with van der Waals surface area (Å²) in [4.78, 5) is 23.0. The van der Waals surface area contributed by atoms with E-state index in [9.17, 15) is 9.59 Å². The highest BCUT2D eigenvalue weighted by atomic mass is 16.2. The van der Waals surface area contributed by atoms with Crippen molar-refractivity contribution in [2.75, 3.05) is 0 Å². The molecule has 0 radical (unpaired) electrons. The third-order valence-corrected chi connectivity index (χ3v) is 3.18. The van der Waals surface area contributed by atoms with Gasteiger partial charge in [0.15, 0.2) is 0 Å². The molecule has 0 fully saturated rings. The lowest BCUT2D eigenvalue weighted by atomic mass is 10.1. The van der Waals surface area contributed by atoms with Crippen LogP contribution in [0.4, 0.5) is 0 Å². The van der Waals surface area contributed by atoms with Crippen molar-refractivity contribution in [2.24, 2.45) is 22.0 Å². The lowest BCUT2D eigenvalue weighted by Gasteiger charge is -2.03. The SMILES string of the molecule is CC(C)/C=N\NC(=O)CCCCCCCCC(=O)N/N=C\C(C)C. The van der Waals surface area contributed by atoms with Gasteiger partial charge in [0.05, 0.1) is 0 Å². The minimum absolute atomic E-state index is 0.0227. The second kappa shape index (κ2) is 14.8. The molecule has 0 spiro atoms. The number of amides is 2. The molecule has 0 aromatic heterocycles. The lowest BCUT2D eigenvalue weighted by Crippen LogP contribution is -2.17. The molecule has 6 heteroatoms. The summed E-state index contributed by atoms with van der Waals surface area (Å²) in [7, 11) is 0. The molecule has 0 aliphatic heterocycles. The molecule has 0 heterocycles.